The highest BCUT2D eigenvalue weighted by Crippen LogP contribution is 2.30. The van der Waals surface area contributed by atoms with Gasteiger partial charge in [0.05, 0.1) is 16.2 Å². The number of hydrogen-bond acceptors (Lipinski definition) is 3. The molecule has 19 heavy (non-hydrogen) atoms. The molecule has 1 atom stereocenters. The molecular weight excluding hydrogens is 279 g/mol. The number of sulfone groups is 1. The first-order valence-corrected chi connectivity index (χ1v) is 7.44. The Morgan fingerprint density at radius 3 is 2.47 bits per heavy atom. The molecule has 0 saturated heterocycles. The van der Waals surface area contributed by atoms with Gasteiger partial charge in [-0.1, -0.05) is 6.07 Å². The fourth-order valence-electron chi connectivity index (χ4n) is 1.58. The Morgan fingerprint density at radius 1 is 1.32 bits per heavy atom. The summed E-state index contributed by atoms with van der Waals surface area (Å²) in [6, 6.07) is 3.66. The summed E-state index contributed by atoms with van der Waals surface area (Å²) in [5.74, 6) is -0.199. The predicted octanol–water partition coefficient (Wildman–Crippen LogP) is 2.61. The highest BCUT2D eigenvalue weighted by Gasteiger charge is 2.31. The molecule has 0 aliphatic heterocycles. The van der Waals surface area contributed by atoms with E-state index in [9.17, 15) is 21.6 Å². The average Bonchev–Trinajstić information content (AvgIpc) is 2.27. The lowest BCUT2D eigenvalue weighted by atomic mass is 10.2. The van der Waals surface area contributed by atoms with Gasteiger partial charge < -0.3 is 5.73 Å². The quantitative estimate of drug-likeness (QED) is 0.908. The summed E-state index contributed by atoms with van der Waals surface area (Å²) in [4.78, 5) is -0.299. The number of nitrogens with two attached hydrogens (primary N) is 1. The SMILES string of the molecule is CC(N)CCCS(=O)(=O)c1cccc(C(F)(F)F)c1. The van der Waals surface area contributed by atoms with E-state index in [1.54, 1.807) is 6.92 Å². The van der Waals surface area contributed by atoms with E-state index >= 15 is 0 Å². The van der Waals surface area contributed by atoms with E-state index in [0.29, 0.717) is 18.9 Å². The normalized spacial score (nSPS) is 14.4. The largest absolute Gasteiger partial charge is 0.416 e. The molecule has 0 spiro atoms. The minimum absolute atomic E-state index is 0.128. The molecule has 0 saturated carbocycles. The molecule has 1 aromatic carbocycles. The molecule has 0 bridgehead atoms. The van der Waals surface area contributed by atoms with E-state index in [0.717, 1.165) is 12.1 Å². The molecule has 0 aromatic heterocycles. The highest BCUT2D eigenvalue weighted by molar-refractivity contribution is 7.91. The average molecular weight is 295 g/mol. The Kier molecular flexibility index (Phi) is 4.98. The third-order valence-corrected chi connectivity index (χ3v) is 4.39. The van der Waals surface area contributed by atoms with Crippen molar-refractivity contribution in [1.29, 1.82) is 0 Å². The van der Waals surface area contributed by atoms with Gasteiger partial charge in [0.15, 0.2) is 9.84 Å². The summed E-state index contributed by atoms with van der Waals surface area (Å²) in [5, 5.41) is 0. The van der Waals surface area contributed by atoms with Crippen LogP contribution in [0.5, 0.6) is 0 Å². The van der Waals surface area contributed by atoms with Crippen LogP contribution in [0.15, 0.2) is 29.2 Å². The van der Waals surface area contributed by atoms with Crippen molar-refractivity contribution in [3.8, 4) is 0 Å². The van der Waals surface area contributed by atoms with Crippen molar-refractivity contribution in [3.05, 3.63) is 29.8 Å². The number of benzene rings is 1. The molecular formula is C12H16F3NO2S. The molecule has 0 fully saturated rings. The third kappa shape index (κ3) is 4.83. The number of alkyl halides is 3. The molecule has 0 aliphatic rings. The van der Waals surface area contributed by atoms with Crippen molar-refractivity contribution >= 4 is 9.84 Å². The zero-order chi connectivity index (χ0) is 14.7. The first-order valence-electron chi connectivity index (χ1n) is 5.78. The van der Waals surface area contributed by atoms with Crippen LogP contribution >= 0.6 is 0 Å². The molecule has 0 radical (unpaired) electrons. The molecule has 108 valence electrons. The van der Waals surface area contributed by atoms with Gasteiger partial charge in [0.25, 0.3) is 0 Å². The lowest BCUT2D eigenvalue weighted by Gasteiger charge is -2.10. The van der Waals surface area contributed by atoms with Gasteiger partial charge in [-0.15, -0.1) is 0 Å². The first kappa shape index (κ1) is 16.0. The van der Waals surface area contributed by atoms with Crippen LogP contribution in [-0.4, -0.2) is 20.2 Å². The van der Waals surface area contributed by atoms with E-state index in [1.165, 1.54) is 6.07 Å². The summed E-state index contributed by atoms with van der Waals surface area (Å²) < 4.78 is 61.3. The molecule has 3 nitrogen and oxygen atoms in total. The zero-order valence-electron chi connectivity index (χ0n) is 10.4. The van der Waals surface area contributed by atoms with Crippen molar-refractivity contribution < 1.29 is 21.6 Å². The monoisotopic (exact) mass is 295 g/mol. The van der Waals surface area contributed by atoms with Gasteiger partial charge in [0.1, 0.15) is 0 Å². The van der Waals surface area contributed by atoms with Gasteiger partial charge in [-0.05, 0) is 38.0 Å². The fourth-order valence-corrected chi connectivity index (χ4v) is 2.95. The minimum Gasteiger partial charge on any atom is -0.328 e. The lowest BCUT2D eigenvalue weighted by Crippen LogP contribution is -2.17. The van der Waals surface area contributed by atoms with Crippen LogP contribution < -0.4 is 5.73 Å². The van der Waals surface area contributed by atoms with E-state index in [-0.39, 0.29) is 16.7 Å². The zero-order valence-corrected chi connectivity index (χ0v) is 11.3. The summed E-state index contributed by atoms with van der Waals surface area (Å²) in [5.41, 5.74) is 4.54. The Morgan fingerprint density at radius 2 is 1.95 bits per heavy atom. The topological polar surface area (TPSA) is 60.2 Å². The van der Waals surface area contributed by atoms with Crippen LogP contribution in [0.1, 0.15) is 25.3 Å². The van der Waals surface area contributed by atoms with Gasteiger partial charge in [-0.25, -0.2) is 8.42 Å². The van der Waals surface area contributed by atoms with Crippen molar-refractivity contribution in [1.82, 2.24) is 0 Å². The van der Waals surface area contributed by atoms with Crippen molar-refractivity contribution in [2.45, 2.75) is 36.9 Å². The van der Waals surface area contributed by atoms with E-state index < -0.39 is 21.6 Å². The van der Waals surface area contributed by atoms with E-state index in [4.69, 9.17) is 5.73 Å². The van der Waals surface area contributed by atoms with Crippen LogP contribution in [0.3, 0.4) is 0 Å². The molecule has 1 rings (SSSR count). The smallest absolute Gasteiger partial charge is 0.328 e. The molecule has 7 heteroatoms. The summed E-state index contributed by atoms with van der Waals surface area (Å²) in [7, 11) is -3.69. The second kappa shape index (κ2) is 5.92. The number of hydrogen-bond donors (Lipinski definition) is 1. The molecule has 0 amide bonds. The predicted molar refractivity (Wildman–Crippen MR) is 66.4 cm³/mol. The molecule has 0 heterocycles. The van der Waals surface area contributed by atoms with Crippen LogP contribution in [0.2, 0.25) is 0 Å². The summed E-state index contributed by atoms with van der Waals surface area (Å²) in [6.07, 6.45) is -3.70. The first-order chi connectivity index (χ1) is 8.63. The molecule has 2 N–H and O–H groups in total. The van der Waals surface area contributed by atoms with Crippen LogP contribution in [-0.2, 0) is 16.0 Å². The standard InChI is InChI=1S/C12H16F3NO2S/c1-9(16)4-3-7-19(17,18)11-6-2-5-10(8-11)12(13,14)15/h2,5-6,8-9H,3-4,7,16H2,1H3. The van der Waals surface area contributed by atoms with Gasteiger partial charge >= 0.3 is 6.18 Å². The van der Waals surface area contributed by atoms with E-state index in [1.807, 2.05) is 0 Å². The van der Waals surface area contributed by atoms with Gasteiger partial charge in [-0.2, -0.15) is 13.2 Å². The third-order valence-electron chi connectivity index (χ3n) is 2.59. The van der Waals surface area contributed by atoms with Crippen molar-refractivity contribution in [2.24, 2.45) is 5.73 Å². The summed E-state index contributed by atoms with van der Waals surface area (Å²) >= 11 is 0. The highest BCUT2D eigenvalue weighted by atomic mass is 32.2. The molecule has 0 aliphatic carbocycles. The minimum atomic E-state index is -4.54. The maximum Gasteiger partial charge on any atom is 0.416 e. The Balaban J connectivity index is 2.90. The number of rotatable bonds is 5. The van der Waals surface area contributed by atoms with Crippen molar-refractivity contribution in [3.63, 3.8) is 0 Å². The maximum atomic E-state index is 12.5. The second-order valence-electron chi connectivity index (χ2n) is 4.46. The van der Waals surface area contributed by atoms with Gasteiger partial charge in [0.2, 0.25) is 0 Å². The Labute approximate surface area is 110 Å². The van der Waals surface area contributed by atoms with E-state index in [2.05, 4.69) is 0 Å². The second-order valence-corrected chi connectivity index (χ2v) is 6.57. The van der Waals surface area contributed by atoms with Gasteiger partial charge in [0, 0.05) is 6.04 Å². The Hall–Kier alpha value is -1.08. The maximum absolute atomic E-state index is 12.5. The molecule has 1 unspecified atom stereocenters. The van der Waals surface area contributed by atoms with Crippen LogP contribution in [0, 0.1) is 0 Å². The number of halogens is 3. The summed E-state index contributed by atoms with van der Waals surface area (Å²) in [6.45, 7) is 1.75. The van der Waals surface area contributed by atoms with Crippen LogP contribution in [0.25, 0.3) is 0 Å². The fraction of sp³-hybridized carbons (Fsp3) is 0.500. The van der Waals surface area contributed by atoms with Gasteiger partial charge in [-0.3, -0.25) is 0 Å². The van der Waals surface area contributed by atoms with Crippen LogP contribution in [0.4, 0.5) is 13.2 Å². The Bertz CT molecular complexity index is 524. The molecule has 1 aromatic rings. The van der Waals surface area contributed by atoms with Crippen molar-refractivity contribution in [2.75, 3.05) is 5.75 Å². The lowest BCUT2D eigenvalue weighted by molar-refractivity contribution is -0.137.